The minimum atomic E-state index is -2.95. The van der Waals surface area contributed by atoms with Crippen LogP contribution in [0.2, 0.25) is 0 Å². The summed E-state index contributed by atoms with van der Waals surface area (Å²) in [5.41, 5.74) is 2.51. The molecule has 2 atom stereocenters. The predicted molar refractivity (Wildman–Crippen MR) is 110 cm³/mol. The number of nitrogens with zero attached hydrogens (tertiary/aromatic N) is 1. The number of amidine groups is 1. The number of aliphatic imine (C=N–C) groups is 1. The van der Waals surface area contributed by atoms with Crippen LogP contribution in [0, 0.1) is 6.92 Å². The Balaban J connectivity index is 1.44. The number of nitrogens with one attached hydrogen (secondary N) is 2. The minimum Gasteiger partial charge on any atom is -0.349 e. The van der Waals surface area contributed by atoms with Crippen LogP contribution in [-0.2, 0) is 9.84 Å². The topological polar surface area (TPSA) is 87.6 Å². The molecule has 3 aliphatic rings. The van der Waals surface area contributed by atoms with E-state index in [4.69, 9.17) is 0 Å². The smallest absolute Gasteiger partial charge is 0.251 e. The molecule has 1 amide bonds. The number of aryl methyl sites for hydroxylation is 1. The lowest BCUT2D eigenvalue weighted by Gasteiger charge is -2.23. The van der Waals surface area contributed by atoms with Gasteiger partial charge in [0.25, 0.3) is 5.91 Å². The summed E-state index contributed by atoms with van der Waals surface area (Å²) in [5, 5.41) is 7.20. The predicted octanol–water partition coefficient (Wildman–Crippen LogP) is 2.74. The molecule has 1 aromatic rings. The largest absolute Gasteiger partial charge is 0.349 e. The van der Waals surface area contributed by atoms with Crippen molar-refractivity contribution >= 4 is 38.4 Å². The summed E-state index contributed by atoms with van der Waals surface area (Å²) in [4.78, 5) is 17.1. The van der Waals surface area contributed by atoms with Crippen LogP contribution >= 0.6 is 11.8 Å². The highest BCUT2D eigenvalue weighted by Gasteiger charge is 2.42. The summed E-state index contributed by atoms with van der Waals surface area (Å²) in [6.07, 6.45) is 5.74. The van der Waals surface area contributed by atoms with Crippen molar-refractivity contribution in [2.75, 3.05) is 16.8 Å². The average molecular weight is 408 g/mol. The molecule has 1 aliphatic carbocycles. The number of carbonyl (C=O) groups excluding carboxylic acids is 1. The van der Waals surface area contributed by atoms with Crippen LogP contribution in [0.15, 0.2) is 23.2 Å². The van der Waals surface area contributed by atoms with Crippen molar-refractivity contribution in [2.45, 2.75) is 56.4 Å². The lowest BCUT2D eigenvalue weighted by molar-refractivity contribution is 0.0927. The van der Waals surface area contributed by atoms with Gasteiger partial charge in [-0.1, -0.05) is 37.1 Å². The van der Waals surface area contributed by atoms with Gasteiger partial charge in [0.15, 0.2) is 15.0 Å². The van der Waals surface area contributed by atoms with Gasteiger partial charge in [-0.3, -0.25) is 9.79 Å². The first-order valence-electron chi connectivity index (χ1n) is 9.53. The molecule has 1 saturated heterocycles. The van der Waals surface area contributed by atoms with Gasteiger partial charge in [0, 0.05) is 22.5 Å². The van der Waals surface area contributed by atoms with Crippen LogP contribution < -0.4 is 10.6 Å². The Hall–Kier alpha value is -1.54. The van der Waals surface area contributed by atoms with Gasteiger partial charge in [-0.05, 0) is 37.5 Å². The molecule has 1 aromatic carbocycles. The Labute approximate surface area is 164 Å². The molecule has 2 aliphatic heterocycles. The van der Waals surface area contributed by atoms with Gasteiger partial charge in [-0.2, -0.15) is 0 Å². The Morgan fingerprint density at radius 3 is 2.70 bits per heavy atom. The monoisotopic (exact) mass is 407 g/mol. The van der Waals surface area contributed by atoms with Crippen LogP contribution in [0.5, 0.6) is 0 Å². The molecular formula is C19H25N3O3S2. The summed E-state index contributed by atoms with van der Waals surface area (Å²) in [7, 11) is -2.95. The second-order valence-electron chi connectivity index (χ2n) is 7.70. The van der Waals surface area contributed by atoms with Gasteiger partial charge < -0.3 is 10.6 Å². The molecule has 27 heavy (non-hydrogen) atoms. The summed E-state index contributed by atoms with van der Waals surface area (Å²) in [6.45, 7) is 1.98. The number of sulfone groups is 1. The molecule has 0 spiro atoms. The van der Waals surface area contributed by atoms with E-state index < -0.39 is 9.84 Å². The van der Waals surface area contributed by atoms with E-state index in [1.165, 1.54) is 31.0 Å². The highest BCUT2D eigenvalue weighted by Crippen LogP contribution is 2.35. The van der Waals surface area contributed by atoms with Crippen molar-refractivity contribution in [3.05, 3.63) is 29.3 Å². The normalized spacial score (nSPS) is 27.1. The van der Waals surface area contributed by atoms with E-state index in [0.29, 0.717) is 5.56 Å². The van der Waals surface area contributed by atoms with Crippen molar-refractivity contribution in [3.63, 3.8) is 0 Å². The molecule has 1 saturated carbocycles. The standard InChI is InChI=1S/C19H25N3O3S2/c1-12-7-8-13(18(23)20-14-5-3-2-4-6-14)9-15(12)21-19-22-16-10-27(24,25)11-17(16)26-19/h7-9,14,16-17H,2-6,10-11H2,1H3,(H,20,23)(H,21,22)/t16-,17+/m0/s1. The fourth-order valence-corrected chi connectivity index (χ4v) is 7.61. The highest BCUT2D eigenvalue weighted by molar-refractivity contribution is 8.15. The van der Waals surface area contributed by atoms with Crippen LogP contribution in [-0.4, -0.2) is 48.3 Å². The Morgan fingerprint density at radius 2 is 1.96 bits per heavy atom. The van der Waals surface area contributed by atoms with Crippen molar-refractivity contribution in [1.29, 1.82) is 0 Å². The fourth-order valence-electron chi connectivity index (χ4n) is 3.94. The molecular weight excluding hydrogens is 382 g/mol. The van der Waals surface area contributed by atoms with Crippen molar-refractivity contribution in [3.8, 4) is 0 Å². The van der Waals surface area contributed by atoms with E-state index in [9.17, 15) is 13.2 Å². The zero-order valence-electron chi connectivity index (χ0n) is 15.4. The maximum absolute atomic E-state index is 12.6. The number of hydrogen-bond acceptors (Lipinski definition) is 6. The molecule has 4 rings (SSSR count). The van der Waals surface area contributed by atoms with Gasteiger partial charge in [-0.25, -0.2) is 8.42 Å². The van der Waals surface area contributed by atoms with Gasteiger partial charge in [0.05, 0.1) is 17.5 Å². The molecule has 2 N–H and O–H groups in total. The number of thioether (sulfide) groups is 1. The first-order valence-corrected chi connectivity index (χ1v) is 12.2. The summed E-state index contributed by atoms with van der Waals surface area (Å²) in [6, 6.07) is 5.77. The second-order valence-corrected chi connectivity index (χ2v) is 11.1. The SMILES string of the molecule is Cc1ccc(C(=O)NC2CCCCC2)cc1NC1=N[C@H]2CS(=O)(=O)C[C@H]2S1. The molecule has 0 radical (unpaired) electrons. The van der Waals surface area contributed by atoms with Gasteiger partial charge in [0.2, 0.25) is 0 Å². The Bertz CT molecular complexity index is 876. The fraction of sp³-hybridized carbons (Fsp3) is 0.579. The molecule has 2 fully saturated rings. The highest BCUT2D eigenvalue weighted by atomic mass is 32.2. The van der Waals surface area contributed by atoms with E-state index in [1.54, 1.807) is 0 Å². The molecule has 0 aromatic heterocycles. The Kier molecular flexibility index (Phi) is 5.20. The third kappa shape index (κ3) is 4.32. The lowest BCUT2D eigenvalue weighted by Crippen LogP contribution is -2.36. The molecule has 0 bridgehead atoms. The first kappa shape index (κ1) is 18.8. The quantitative estimate of drug-likeness (QED) is 0.804. The van der Waals surface area contributed by atoms with E-state index in [1.807, 2.05) is 25.1 Å². The summed E-state index contributed by atoms with van der Waals surface area (Å²) >= 11 is 1.49. The lowest BCUT2D eigenvalue weighted by atomic mass is 9.95. The molecule has 146 valence electrons. The van der Waals surface area contributed by atoms with E-state index in [-0.39, 0.29) is 34.7 Å². The third-order valence-corrected chi connectivity index (χ3v) is 8.64. The van der Waals surface area contributed by atoms with Gasteiger partial charge in [-0.15, -0.1) is 0 Å². The van der Waals surface area contributed by atoms with E-state index >= 15 is 0 Å². The summed E-state index contributed by atoms with van der Waals surface area (Å²) in [5.74, 6) is 0.298. The maximum Gasteiger partial charge on any atom is 0.251 e. The number of benzene rings is 1. The number of anilines is 1. The number of amides is 1. The molecule has 2 heterocycles. The van der Waals surface area contributed by atoms with Crippen LogP contribution in [0.4, 0.5) is 5.69 Å². The number of fused-ring (bicyclic) bond motifs is 1. The average Bonchev–Trinajstić information content (AvgIpc) is 3.10. The zero-order chi connectivity index (χ0) is 19.0. The van der Waals surface area contributed by atoms with E-state index in [0.717, 1.165) is 29.3 Å². The molecule has 8 heteroatoms. The second kappa shape index (κ2) is 7.47. The number of carbonyl (C=O) groups is 1. The van der Waals surface area contributed by atoms with Crippen LogP contribution in [0.25, 0.3) is 0 Å². The minimum absolute atomic E-state index is 0.00980. The summed E-state index contributed by atoms with van der Waals surface area (Å²) < 4.78 is 23.4. The van der Waals surface area contributed by atoms with Crippen molar-refractivity contribution in [2.24, 2.45) is 4.99 Å². The number of hydrogen-bond donors (Lipinski definition) is 2. The van der Waals surface area contributed by atoms with Gasteiger partial charge >= 0.3 is 0 Å². The van der Waals surface area contributed by atoms with Crippen LogP contribution in [0.1, 0.15) is 48.0 Å². The van der Waals surface area contributed by atoms with Gasteiger partial charge in [0.1, 0.15) is 0 Å². The van der Waals surface area contributed by atoms with E-state index in [2.05, 4.69) is 15.6 Å². The van der Waals surface area contributed by atoms with Crippen molar-refractivity contribution in [1.82, 2.24) is 5.32 Å². The third-order valence-electron chi connectivity index (χ3n) is 5.50. The first-order chi connectivity index (χ1) is 12.9. The Morgan fingerprint density at radius 1 is 1.19 bits per heavy atom. The maximum atomic E-state index is 12.6. The zero-order valence-corrected chi connectivity index (χ0v) is 17.0. The molecule has 6 nitrogen and oxygen atoms in total. The van der Waals surface area contributed by atoms with Crippen LogP contribution in [0.3, 0.4) is 0 Å². The van der Waals surface area contributed by atoms with Crippen molar-refractivity contribution < 1.29 is 13.2 Å². The number of rotatable bonds is 3. The molecule has 0 unspecified atom stereocenters.